The second-order valence-electron chi connectivity index (χ2n) is 9.90. The molecule has 0 unspecified atom stereocenters. The predicted molar refractivity (Wildman–Crippen MR) is 114 cm³/mol. The highest BCUT2D eigenvalue weighted by Gasteiger charge is 2.42. The number of benzene rings is 1. The van der Waals surface area contributed by atoms with Crippen molar-refractivity contribution in [3.63, 3.8) is 0 Å². The first-order valence-electron chi connectivity index (χ1n) is 11.1. The quantitative estimate of drug-likeness (QED) is 0.788. The monoisotopic (exact) mass is 418 g/mol. The summed E-state index contributed by atoms with van der Waals surface area (Å²) in [5, 5.41) is 3.15. The lowest BCUT2D eigenvalue weighted by Crippen LogP contribution is -2.42. The van der Waals surface area contributed by atoms with E-state index in [1.807, 2.05) is 0 Å². The highest BCUT2D eigenvalue weighted by atomic mass is 32.2. The molecule has 6 atom stereocenters. The van der Waals surface area contributed by atoms with Gasteiger partial charge in [-0.3, -0.25) is 4.79 Å². The number of carbonyl (C=O) groups is 1. The van der Waals surface area contributed by atoms with Crippen molar-refractivity contribution in [1.82, 2.24) is 9.62 Å². The van der Waals surface area contributed by atoms with Gasteiger partial charge in [-0.1, -0.05) is 26.3 Å². The summed E-state index contributed by atoms with van der Waals surface area (Å²) in [6.45, 7) is 7.38. The molecule has 2 saturated carbocycles. The van der Waals surface area contributed by atoms with Crippen molar-refractivity contribution in [3.05, 3.63) is 29.8 Å². The molecule has 29 heavy (non-hydrogen) atoms. The smallest absolute Gasteiger partial charge is 0.251 e. The third-order valence-corrected chi connectivity index (χ3v) is 9.19. The second-order valence-corrected chi connectivity index (χ2v) is 11.8. The minimum absolute atomic E-state index is 0.127. The summed E-state index contributed by atoms with van der Waals surface area (Å²) >= 11 is 0. The Balaban J connectivity index is 1.47. The number of sulfonamides is 1. The SMILES string of the molecule is C[C@@H]1C[C@H](C)CN(S(=O)(=O)c2cccc(C(=O)N[C@@H](C)[C@H]3C[C@H]4CC[C@H]3C4)c2)C1. The number of piperidine rings is 1. The first-order chi connectivity index (χ1) is 13.7. The standard InChI is InChI=1S/C23H34N2O3S/c1-15-9-16(2)14-25(13-15)29(27,28)21-6-4-5-20(12-21)23(26)24-17(3)22-11-18-7-8-19(22)10-18/h4-6,12,15-19,22H,7-11,13-14H2,1-3H3,(H,24,26)/t15-,16+,17-,18-,19-,22+/m0/s1. The molecular weight excluding hydrogens is 384 g/mol. The fourth-order valence-electron chi connectivity index (χ4n) is 6.05. The number of hydrogen-bond donors (Lipinski definition) is 1. The molecule has 1 heterocycles. The van der Waals surface area contributed by atoms with Gasteiger partial charge in [-0.2, -0.15) is 4.31 Å². The van der Waals surface area contributed by atoms with E-state index in [4.69, 9.17) is 0 Å². The molecule has 0 aromatic heterocycles. The molecule has 3 aliphatic rings. The second kappa shape index (κ2) is 8.03. The van der Waals surface area contributed by atoms with E-state index in [1.54, 1.807) is 28.6 Å². The van der Waals surface area contributed by atoms with E-state index in [1.165, 1.54) is 25.7 Å². The molecular formula is C23H34N2O3S. The van der Waals surface area contributed by atoms with Crippen molar-refractivity contribution in [2.75, 3.05) is 13.1 Å². The van der Waals surface area contributed by atoms with Gasteiger partial charge in [0.05, 0.1) is 4.90 Å². The van der Waals surface area contributed by atoms with Crippen molar-refractivity contribution in [2.24, 2.45) is 29.6 Å². The Morgan fingerprint density at radius 3 is 2.45 bits per heavy atom. The molecule has 3 fully saturated rings. The van der Waals surface area contributed by atoms with Crippen molar-refractivity contribution in [3.8, 4) is 0 Å². The van der Waals surface area contributed by atoms with Gasteiger partial charge in [-0.25, -0.2) is 8.42 Å². The zero-order valence-corrected chi connectivity index (χ0v) is 18.6. The summed E-state index contributed by atoms with van der Waals surface area (Å²) in [4.78, 5) is 13.1. The first-order valence-corrected chi connectivity index (χ1v) is 12.6. The number of rotatable bonds is 5. The van der Waals surface area contributed by atoms with Crippen LogP contribution in [0.2, 0.25) is 0 Å². The van der Waals surface area contributed by atoms with E-state index in [-0.39, 0.29) is 16.8 Å². The fourth-order valence-corrected chi connectivity index (χ4v) is 7.78. The number of fused-ring (bicyclic) bond motifs is 2. The molecule has 1 aromatic rings. The Kier molecular flexibility index (Phi) is 5.77. The average Bonchev–Trinajstić information content (AvgIpc) is 3.31. The molecule has 6 heteroatoms. The molecule has 0 spiro atoms. The summed E-state index contributed by atoms with van der Waals surface area (Å²) in [6.07, 6.45) is 6.21. The third kappa shape index (κ3) is 4.24. The van der Waals surface area contributed by atoms with E-state index in [9.17, 15) is 13.2 Å². The number of carbonyl (C=O) groups excluding carboxylic acids is 1. The summed E-state index contributed by atoms with van der Waals surface area (Å²) in [7, 11) is -3.58. The highest BCUT2D eigenvalue weighted by Crippen LogP contribution is 2.49. The van der Waals surface area contributed by atoms with Crippen LogP contribution in [0.25, 0.3) is 0 Å². The van der Waals surface area contributed by atoms with E-state index in [0.717, 1.165) is 18.3 Å². The van der Waals surface area contributed by atoms with Crippen molar-refractivity contribution in [1.29, 1.82) is 0 Å². The van der Waals surface area contributed by atoms with Crippen LogP contribution in [0.4, 0.5) is 0 Å². The number of nitrogens with one attached hydrogen (secondary N) is 1. The first kappa shape index (κ1) is 20.9. The molecule has 2 bridgehead atoms. The normalized spacial score (nSPS) is 33.6. The van der Waals surface area contributed by atoms with E-state index < -0.39 is 10.0 Å². The average molecular weight is 419 g/mol. The third-order valence-electron chi connectivity index (χ3n) is 7.36. The van der Waals surface area contributed by atoms with Crippen LogP contribution in [0, 0.1) is 29.6 Å². The van der Waals surface area contributed by atoms with Crippen molar-refractivity contribution in [2.45, 2.75) is 63.8 Å². The van der Waals surface area contributed by atoms with Crippen molar-refractivity contribution < 1.29 is 13.2 Å². The number of nitrogens with zero attached hydrogens (tertiary/aromatic N) is 1. The summed E-state index contributed by atoms with van der Waals surface area (Å²) in [6, 6.07) is 6.67. The van der Waals surface area contributed by atoms with Gasteiger partial charge in [0.1, 0.15) is 0 Å². The Labute approximate surface area is 175 Å². The fraction of sp³-hybridized carbons (Fsp3) is 0.696. The Hall–Kier alpha value is -1.40. The number of amides is 1. The maximum absolute atomic E-state index is 13.2. The van der Waals surface area contributed by atoms with E-state index >= 15 is 0 Å². The van der Waals surface area contributed by atoms with Gasteiger partial charge >= 0.3 is 0 Å². The molecule has 1 amide bonds. The lowest BCUT2D eigenvalue weighted by molar-refractivity contribution is 0.0915. The molecule has 160 valence electrons. The lowest BCUT2D eigenvalue weighted by Gasteiger charge is -2.34. The van der Waals surface area contributed by atoms with Crippen LogP contribution in [-0.4, -0.2) is 37.8 Å². The van der Waals surface area contributed by atoms with Gasteiger partial charge in [0, 0.05) is 24.7 Å². The highest BCUT2D eigenvalue weighted by molar-refractivity contribution is 7.89. The van der Waals surface area contributed by atoms with Crippen LogP contribution in [0.15, 0.2) is 29.2 Å². The van der Waals surface area contributed by atoms with Gasteiger partial charge in [0.25, 0.3) is 5.91 Å². The summed E-state index contributed by atoms with van der Waals surface area (Å²) in [5.74, 6) is 2.67. The van der Waals surface area contributed by atoms with Gasteiger partial charge < -0.3 is 5.32 Å². The molecule has 4 rings (SSSR count). The maximum Gasteiger partial charge on any atom is 0.251 e. The maximum atomic E-state index is 13.2. The minimum Gasteiger partial charge on any atom is -0.349 e. The molecule has 5 nitrogen and oxygen atoms in total. The molecule has 2 aliphatic carbocycles. The Bertz CT molecular complexity index is 859. The summed E-state index contributed by atoms with van der Waals surface area (Å²) in [5.41, 5.74) is 0.430. The van der Waals surface area contributed by atoms with Gasteiger partial charge in [-0.15, -0.1) is 0 Å². The molecule has 1 aliphatic heterocycles. The zero-order chi connectivity index (χ0) is 20.8. The van der Waals surface area contributed by atoms with Crippen LogP contribution in [0.5, 0.6) is 0 Å². The molecule has 1 aromatic carbocycles. The van der Waals surface area contributed by atoms with Gasteiger partial charge in [0.15, 0.2) is 0 Å². The molecule has 0 radical (unpaired) electrons. The Morgan fingerprint density at radius 2 is 1.83 bits per heavy atom. The van der Waals surface area contributed by atoms with Crippen molar-refractivity contribution >= 4 is 15.9 Å². The number of hydrogen-bond acceptors (Lipinski definition) is 3. The largest absolute Gasteiger partial charge is 0.349 e. The van der Waals surface area contributed by atoms with Gasteiger partial charge in [0.2, 0.25) is 10.0 Å². The summed E-state index contributed by atoms with van der Waals surface area (Å²) < 4.78 is 27.9. The van der Waals surface area contributed by atoms with Crippen LogP contribution in [-0.2, 0) is 10.0 Å². The lowest BCUT2D eigenvalue weighted by atomic mass is 9.84. The van der Waals surface area contributed by atoms with E-state index in [2.05, 4.69) is 26.1 Å². The van der Waals surface area contributed by atoms with Crippen LogP contribution >= 0.6 is 0 Å². The van der Waals surface area contributed by atoms with Crippen LogP contribution in [0.3, 0.4) is 0 Å². The zero-order valence-electron chi connectivity index (χ0n) is 17.8. The van der Waals surface area contributed by atoms with Crippen LogP contribution < -0.4 is 5.32 Å². The molecule has 1 N–H and O–H groups in total. The molecule has 1 saturated heterocycles. The predicted octanol–water partition coefficient (Wildman–Crippen LogP) is 3.91. The minimum atomic E-state index is -3.58. The van der Waals surface area contributed by atoms with E-state index in [0.29, 0.717) is 36.4 Å². The van der Waals surface area contributed by atoms with Crippen LogP contribution in [0.1, 0.15) is 63.2 Å². The topological polar surface area (TPSA) is 66.5 Å². The Morgan fingerprint density at radius 1 is 1.10 bits per heavy atom. The van der Waals surface area contributed by atoms with Gasteiger partial charge in [-0.05, 0) is 80.4 Å².